The van der Waals surface area contributed by atoms with E-state index in [1.165, 1.54) is 0 Å². The maximum absolute atomic E-state index is 12.0. The first-order valence-corrected chi connectivity index (χ1v) is 6.88. The largest absolute Gasteiger partial charge is 0.399 e. The number of benzene rings is 1. The molecule has 1 aromatic carbocycles. The Morgan fingerprint density at radius 3 is 2.89 bits per heavy atom. The molecule has 1 aliphatic carbocycles. The van der Waals surface area contributed by atoms with Gasteiger partial charge in [-0.2, -0.15) is 0 Å². The Bertz CT molecular complexity index is 439. The molecule has 4 nitrogen and oxygen atoms in total. The molecular weight excluding hydrogens is 240 g/mol. The van der Waals surface area contributed by atoms with Crippen molar-refractivity contribution in [3.05, 3.63) is 29.3 Å². The van der Waals surface area contributed by atoms with E-state index in [0.717, 1.165) is 31.2 Å². The number of aryl methyl sites for hydroxylation is 1. The molecule has 0 heterocycles. The van der Waals surface area contributed by atoms with Gasteiger partial charge in [0.15, 0.2) is 0 Å². The number of anilines is 1. The lowest BCUT2D eigenvalue weighted by atomic mass is 9.87. The molecule has 1 fully saturated rings. The lowest BCUT2D eigenvalue weighted by Crippen LogP contribution is -2.33. The molecule has 19 heavy (non-hydrogen) atoms. The van der Waals surface area contributed by atoms with Gasteiger partial charge in [-0.15, -0.1) is 0 Å². The van der Waals surface area contributed by atoms with Crippen molar-refractivity contribution in [2.45, 2.75) is 38.7 Å². The number of carbonyl (C=O) groups is 1. The van der Waals surface area contributed by atoms with Crippen molar-refractivity contribution >= 4 is 11.6 Å². The van der Waals surface area contributed by atoms with Crippen molar-refractivity contribution in [3.63, 3.8) is 0 Å². The third-order valence-electron chi connectivity index (χ3n) is 3.67. The van der Waals surface area contributed by atoms with Gasteiger partial charge in [-0.25, -0.2) is 0 Å². The molecule has 0 aliphatic heterocycles. The van der Waals surface area contributed by atoms with Gasteiger partial charge in [0.25, 0.3) is 5.91 Å². The van der Waals surface area contributed by atoms with Crippen LogP contribution >= 0.6 is 0 Å². The number of rotatable bonds is 3. The minimum atomic E-state index is -0.203. The third-order valence-corrected chi connectivity index (χ3v) is 3.67. The molecule has 1 amide bonds. The van der Waals surface area contributed by atoms with Crippen LogP contribution in [0, 0.1) is 12.8 Å². The minimum absolute atomic E-state index is 0.0875. The van der Waals surface area contributed by atoms with Crippen molar-refractivity contribution in [3.8, 4) is 0 Å². The Labute approximate surface area is 114 Å². The Balaban J connectivity index is 1.90. The second-order valence-electron chi connectivity index (χ2n) is 5.53. The van der Waals surface area contributed by atoms with Crippen molar-refractivity contribution in [2.75, 3.05) is 12.3 Å². The van der Waals surface area contributed by atoms with Crippen LogP contribution in [0.15, 0.2) is 18.2 Å². The molecule has 4 heteroatoms. The quantitative estimate of drug-likeness (QED) is 0.728. The summed E-state index contributed by atoms with van der Waals surface area (Å²) in [7, 11) is 0. The van der Waals surface area contributed by atoms with E-state index in [9.17, 15) is 9.90 Å². The standard InChI is InChI=1S/C15H22N2O2/c1-10-5-12(8-13(16)6-10)15(19)17-9-11-3-2-4-14(18)7-11/h5-6,8,11,14,18H,2-4,7,9,16H2,1H3,(H,17,19). The highest BCUT2D eigenvalue weighted by atomic mass is 16.3. The van der Waals surface area contributed by atoms with Crippen LogP contribution in [-0.4, -0.2) is 23.7 Å². The minimum Gasteiger partial charge on any atom is -0.399 e. The van der Waals surface area contributed by atoms with Crippen LogP contribution in [0.25, 0.3) is 0 Å². The molecule has 0 aromatic heterocycles. The van der Waals surface area contributed by atoms with Crippen LogP contribution in [0.1, 0.15) is 41.6 Å². The van der Waals surface area contributed by atoms with Gasteiger partial charge in [-0.05, 0) is 55.9 Å². The Hall–Kier alpha value is -1.55. The molecule has 2 atom stereocenters. The highest BCUT2D eigenvalue weighted by Gasteiger charge is 2.20. The zero-order valence-electron chi connectivity index (χ0n) is 11.4. The first kappa shape index (κ1) is 13.9. The summed E-state index contributed by atoms with van der Waals surface area (Å²) >= 11 is 0. The molecule has 0 saturated heterocycles. The number of nitrogens with one attached hydrogen (secondary N) is 1. The van der Waals surface area contributed by atoms with Gasteiger partial charge in [-0.1, -0.05) is 6.42 Å². The fraction of sp³-hybridized carbons (Fsp3) is 0.533. The Morgan fingerprint density at radius 1 is 1.42 bits per heavy atom. The van der Waals surface area contributed by atoms with Crippen LogP contribution in [0.5, 0.6) is 0 Å². The number of carbonyl (C=O) groups excluding carboxylic acids is 1. The van der Waals surface area contributed by atoms with Crippen molar-refractivity contribution in [1.29, 1.82) is 0 Å². The van der Waals surface area contributed by atoms with Crippen LogP contribution in [0.2, 0.25) is 0 Å². The van der Waals surface area contributed by atoms with E-state index in [4.69, 9.17) is 5.73 Å². The number of nitrogen functional groups attached to an aromatic ring is 1. The summed E-state index contributed by atoms with van der Waals surface area (Å²) in [4.78, 5) is 12.0. The van der Waals surface area contributed by atoms with E-state index >= 15 is 0 Å². The number of aliphatic hydroxyl groups is 1. The van der Waals surface area contributed by atoms with Gasteiger partial charge in [-0.3, -0.25) is 4.79 Å². The molecule has 0 spiro atoms. The van der Waals surface area contributed by atoms with E-state index in [-0.39, 0.29) is 12.0 Å². The van der Waals surface area contributed by atoms with E-state index in [0.29, 0.717) is 23.7 Å². The highest BCUT2D eigenvalue weighted by Crippen LogP contribution is 2.23. The SMILES string of the molecule is Cc1cc(N)cc(C(=O)NCC2CCCC(O)C2)c1. The van der Waals surface area contributed by atoms with Crippen LogP contribution in [0.3, 0.4) is 0 Å². The summed E-state index contributed by atoms with van der Waals surface area (Å²) in [5.41, 5.74) is 7.94. The van der Waals surface area contributed by atoms with Gasteiger partial charge >= 0.3 is 0 Å². The molecule has 1 saturated carbocycles. The maximum atomic E-state index is 12.0. The first-order valence-electron chi connectivity index (χ1n) is 6.88. The van der Waals surface area contributed by atoms with Crippen molar-refractivity contribution < 1.29 is 9.90 Å². The number of hydrogen-bond acceptors (Lipinski definition) is 3. The summed E-state index contributed by atoms with van der Waals surface area (Å²) in [6.45, 7) is 2.55. The molecular formula is C15H22N2O2. The molecule has 1 aliphatic rings. The fourth-order valence-corrected chi connectivity index (χ4v) is 2.73. The van der Waals surface area contributed by atoms with Crippen molar-refractivity contribution in [2.24, 2.45) is 5.92 Å². The smallest absolute Gasteiger partial charge is 0.251 e. The first-order chi connectivity index (χ1) is 9.04. The van der Waals surface area contributed by atoms with Crippen LogP contribution in [0.4, 0.5) is 5.69 Å². The number of aliphatic hydroxyl groups excluding tert-OH is 1. The summed E-state index contributed by atoms with van der Waals surface area (Å²) in [5, 5.41) is 12.5. The summed E-state index contributed by atoms with van der Waals surface area (Å²) in [6, 6.07) is 5.37. The number of amides is 1. The second-order valence-corrected chi connectivity index (χ2v) is 5.53. The predicted molar refractivity (Wildman–Crippen MR) is 75.9 cm³/mol. The average molecular weight is 262 g/mol. The normalized spacial score (nSPS) is 23.1. The van der Waals surface area contributed by atoms with E-state index < -0.39 is 0 Å². The summed E-state index contributed by atoms with van der Waals surface area (Å²) in [6.07, 6.45) is 3.59. The molecule has 2 unspecified atom stereocenters. The van der Waals surface area contributed by atoms with Crippen LogP contribution < -0.4 is 11.1 Å². The van der Waals surface area contributed by atoms with E-state index in [1.54, 1.807) is 6.07 Å². The van der Waals surface area contributed by atoms with Gasteiger partial charge in [0.05, 0.1) is 6.10 Å². The van der Waals surface area contributed by atoms with Gasteiger partial charge in [0, 0.05) is 17.8 Å². The fourth-order valence-electron chi connectivity index (χ4n) is 2.73. The van der Waals surface area contributed by atoms with Gasteiger partial charge in [0.2, 0.25) is 0 Å². The molecule has 0 radical (unpaired) electrons. The van der Waals surface area contributed by atoms with Crippen LogP contribution in [-0.2, 0) is 0 Å². The summed E-state index contributed by atoms with van der Waals surface area (Å²) < 4.78 is 0. The van der Waals surface area contributed by atoms with Gasteiger partial charge < -0.3 is 16.2 Å². The molecule has 0 bridgehead atoms. The zero-order chi connectivity index (χ0) is 13.8. The predicted octanol–water partition coefficient (Wildman–Crippen LogP) is 1.86. The lowest BCUT2D eigenvalue weighted by molar-refractivity contribution is 0.0874. The molecule has 1 aromatic rings. The average Bonchev–Trinajstić information content (AvgIpc) is 2.35. The number of hydrogen-bond donors (Lipinski definition) is 3. The zero-order valence-corrected chi connectivity index (χ0v) is 11.4. The second kappa shape index (κ2) is 6.06. The monoisotopic (exact) mass is 262 g/mol. The molecule has 104 valence electrons. The lowest BCUT2D eigenvalue weighted by Gasteiger charge is -2.25. The van der Waals surface area contributed by atoms with E-state index in [1.807, 2.05) is 19.1 Å². The summed E-state index contributed by atoms with van der Waals surface area (Å²) in [5.74, 6) is 0.297. The molecule has 4 N–H and O–H groups in total. The Morgan fingerprint density at radius 2 is 2.21 bits per heavy atom. The highest BCUT2D eigenvalue weighted by molar-refractivity contribution is 5.95. The Kier molecular flexibility index (Phi) is 4.43. The third kappa shape index (κ3) is 3.96. The molecule has 2 rings (SSSR count). The maximum Gasteiger partial charge on any atom is 0.251 e. The topological polar surface area (TPSA) is 75.4 Å². The van der Waals surface area contributed by atoms with Gasteiger partial charge in [0.1, 0.15) is 0 Å². The van der Waals surface area contributed by atoms with Crippen molar-refractivity contribution in [1.82, 2.24) is 5.32 Å². The number of nitrogens with two attached hydrogens (primary N) is 1. The van der Waals surface area contributed by atoms with E-state index in [2.05, 4.69) is 5.32 Å².